The minimum absolute atomic E-state index is 0.0280. The van der Waals surface area contributed by atoms with Crippen LogP contribution >= 0.6 is 0 Å². The fraction of sp³-hybridized carbons (Fsp3) is 0.211. The van der Waals surface area contributed by atoms with Gasteiger partial charge in [-0.2, -0.15) is 18.3 Å². The van der Waals surface area contributed by atoms with E-state index in [4.69, 9.17) is 4.74 Å². The van der Waals surface area contributed by atoms with Crippen LogP contribution in [-0.2, 0) is 22.3 Å². The van der Waals surface area contributed by atoms with Crippen molar-refractivity contribution in [1.29, 1.82) is 0 Å². The van der Waals surface area contributed by atoms with Crippen molar-refractivity contribution in [3.63, 3.8) is 0 Å². The van der Waals surface area contributed by atoms with Crippen LogP contribution in [0.3, 0.4) is 0 Å². The van der Waals surface area contributed by atoms with E-state index in [-0.39, 0.29) is 24.2 Å². The number of H-pyrrole nitrogens is 1. The van der Waals surface area contributed by atoms with E-state index < -0.39 is 30.2 Å². The molecular weight excluding hydrogens is 375 g/mol. The first-order valence-electron chi connectivity index (χ1n) is 8.38. The number of halogens is 3. The van der Waals surface area contributed by atoms with Gasteiger partial charge in [-0.1, -0.05) is 36.4 Å². The van der Waals surface area contributed by atoms with Crippen LogP contribution in [0.5, 0.6) is 0 Å². The number of para-hydroxylation sites is 1. The SMILES string of the molecule is O=C(CCNC(=O)c1n[nH]c2ccccc12)OCc1ccccc1C(F)(F)F. The van der Waals surface area contributed by atoms with Crippen LogP contribution in [-0.4, -0.2) is 28.6 Å². The molecule has 0 radical (unpaired) electrons. The molecule has 0 saturated carbocycles. The smallest absolute Gasteiger partial charge is 0.416 e. The van der Waals surface area contributed by atoms with E-state index in [1.807, 2.05) is 0 Å². The number of amides is 1. The number of fused-ring (bicyclic) bond motifs is 1. The molecule has 9 heteroatoms. The number of alkyl halides is 3. The van der Waals surface area contributed by atoms with Crippen LogP contribution in [0.25, 0.3) is 10.9 Å². The molecule has 2 aromatic carbocycles. The first-order valence-corrected chi connectivity index (χ1v) is 8.38. The van der Waals surface area contributed by atoms with E-state index in [9.17, 15) is 22.8 Å². The molecule has 1 heterocycles. The molecule has 6 nitrogen and oxygen atoms in total. The molecule has 0 atom stereocenters. The van der Waals surface area contributed by atoms with Gasteiger partial charge in [-0.3, -0.25) is 14.7 Å². The Morgan fingerprint density at radius 2 is 1.79 bits per heavy atom. The van der Waals surface area contributed by atoms with Gasteiger partial charge < -0.3 is 10.1 Å². The number of hydrogen-bond donors (Lipinski definition) is 2. The number of nitrogens with one attached hydrogen (secondary N) is 2. The summed E-state index contributed by atoms with van der Waals surface area (Å²) in [6.45, 7) is -0.522. The Morgan fingerprint density at radius 1 is 1.07 bits per heavy atom. The molecule has 0 bridgehead atoms. The molecule has 28 heavy (non-hydrogen) atoms. The fourth-order valence-electron chi connectivity index (χ4n) is 2.65. The lowest BCUT2D eigenvalue weighted by atomic mass is 10.1. The van der Waals surface area contributed by atoms with Gasteiger partial charge in [0.2, 0.25) is 0 Å². The van der Waals surface area contributed by atoms with Gasteiger partial charge >= 0.3 is 12.1 Å². The molecule has 1 aromatic heterocycles. The van der Waals surface area contributed by atoms with Crippen molar-refractivity contribution in [2.45, 2.75) is 19.2 Å². The lowest BCUT2D eigenvalue weighted by Gasteiger charge is -2.12. The summed E-state index contributed by atoms with van der Waals surface area (Å²) in [7, 11) is 0. The van der Waals surface area contributed by atoms with Crippen molar-refractivity contribution in [3.05, 3.63) is 65.4 Å². The molecule has 2 N–H and O–H groups in total. The minimum atomic E-state index is -4.52. The Morgan fingerprint density at radius 3 is 2.57 bits per heavy atom. The van der Waals surface area contributed by atoms with Gasteiger partial charge in [0, 0.05) is 17.5 Å². The van der Waals surface area contributed by atoms with Crippen LogP contribution in [0.1, 0.15) is 28.0 Å². The molecule has 3 aromatic rings. The van der Waals surface area contributed by atoms with Crippen molar-refractivity contribution in [3.8, 4) is 0 Å². The van der Waals surface area contributed by atoms with E-state index in [0.717, 1.165) is 6.07 Å². The van der Waals surface area contributed by atoms with Gasteiger partial charge in [0.25, 0.3) is 5.91 Å². The highest BCUT2D eigenvalue weighted by atomic mass is 19.4. The maximum Gasteiger partial charge on any atom is 0.416 e. The van der Waals surface area contributed by atoms with Crippen LogP contribution in [0.15, 0.2) is 48.5 Å². The van der Waals surface area contributed by atoms with E-state index in [1.54, 1.807) is 24.3 Å². The topological polar surface area (TPSA) is 84.1 Å². The van der Waals surface area contributed by atoms with Gasteiger partial charge in [0.05, 0.1) is 17.5 Å². The molecule has 0 fully saturated rings. The highest BCUT2D eigenvalue weighted by Crippen LogP contribution is 2.32. The highest BCUT2D eigenvalue weighted by molar-refractivity contribution is 6.04. The third-order valence-electron chi connectivity index (χ3n) is 4.01. The van der Waals surface area contributed by atoms with E-state index >= 15 is 0 Å². The predicted molar refractivity (Wildman–Crippen MR) is 94.3 cm³/mol. The van der Waals surface area contributed by atoms with Gasteiger partial charge in [-0.05, 0) is 12.1 Å². The van der Waals surface area contributed by atoms with Crippen molar-refractivity contribution >= 4 is 22.8 Å². The summed E-state index contributed by atoms with van der Waals surface area (Å²) in [5.41, 5.74) is -0.0737. The van der Waals surface area contributed by atoms with E-state index in [0.29, 0.717) is 10.9 Å². The Balaban J connectivity index is 1.50. The summed E-state index contributed by atoms with van der Waals surface area (Å²) in [5.74, 6) is -1.18. The number of hydrogen-bond acceptors (Lipinski definition) is 4. The number of ether oxygens (including phenoxy) is 1. The molecule has 0 spiro atoms. The molecule has 0 aliphatic rings. The molecule has 0 aliphatic heterocycles. The average Bonchev–Trinajstić information content (AvgIpc) is 3.10. The number of carbonyl (C=O) groups is 2. The van der Waals surface area contributed by atoms with Gasteiger partial charge in [0.15, 0.2) is 5.69 Å². The van der Waals surface area contributed by atoms with Crippen molar-refractivity contribution in [1.82, 2.24) is 15.5 Å². The summed E-state index contributed by atoms with van der Waals surface area (Å²) in [5, 5.41) is 9.86. The summed E-state index contributed by atoms with van der Waals surface area (Å²) in [6.07, 6.45) is -4.70. The second kappa shape index (κ2) is 8.12. The second-order valence-corrected chi connectivity index (χ2v) is 5.94. The normalized spacial score (nSPS) is 11.4. The predicted octanol–water partition coefficient (Wildman–Crippen LogP) is 3.45. The lowest BCUT2D eigenvalue weighted by Crippen LogP contribution is -2.27. The van der Waals surface area contributed by atoms with Gasteiger partial charge in [0.1, 0.15) is 6.61 Å². The number of aromatic amines is 1. The number of aromatic nitrogens is 2. The van der Waals surface area contributed by atoms with Crippen molar-refractivity contribution in [2.24, 2.45) is 0 Å². The monoisotopic (exact) mass is 391 g/mol. The summed E-state index contributed by atoms with van der Waals surface area (Å²) in [6, 6.07) is 12.0. The quantitative estimate of drug-likeness (QED) is 0.631. The zero-order chi connectivity index (χ0) is 20.1. The summed E-state index contributed by atoms with van der Waals surface area (Å²) < 4.78 is 43.6. The molecule has 0 aliphatic carbocycles. The number of nitrogens with zero attached hydrogens (tertiary/aromatic N) is 1. The third kappa shape index (κ3) is 4.48. The standard InChI is InChI=1S/C19H16F3N3O3/c20-19(21,22)14-7-3-1-5-12(14)11-28-16(26)9-10-23-18(27)17-13-6-2-4-8-15(13)24-25-17/h1-8H,9-11H2,(H,23,27)(H,24,25). The van der Waals surface area contributed by atoms with Crippen molar-refractivity contribution < 1.29 is 27.5 Å². The largest absolute Gasteiger partial charge is 0.461 e. The molecule has 0 unspecified atom stereocenters. The Bertz CT molecular complexity index is 998. The van der Waals surface area contributed by atoms with Crippen LogP contribution in [0, 0.1) is 0 Å². The van der Waals surface area contributed by atoms with Crippen molar-refractivity contribution in [2.75, 3.05) is 6.54 Å². The Labute approximate surface area is 157 Å². The molecule has 146 valence electrons. The number of rotatable bonds is 6. The first-order chi connectivity index (χ1) is 13.4. The Hall–Kier alpha value is -3.36. The first kappa shape index (κ1) is 19.4. The minimum Gasteiger partial charge on any atom is -0.461 e. The van der Waals surface area contributed by atoms with E-state index in [1.165, 1.54) is 18.2 Å². The molecule has 3 rings (SSSR count). The Kier molecular flexibility index (Phi) is 5.62. The number of benzene rings is 2. The number of carbonyl (C=O) groups excluding carboxylic acids is 2. The van der Waals surface area contributed by atoms with Gasteiger partial charge in [-0.25, -0.2) is 0 Å². The molecule has 1 amide bonds. The fourth-order valence-corrected chi connectivity index (χ4v) is 2.65. The maximum absolute atomic E-state index is 12.9. The van der Waals surface area contributed by atoms with E-state index in [2.05, 4.69) is 15.5 Å². The zero-order valence-electron chi connectivity index (χ0n) is 14.5. The van der Waals surface area contributed by atoms with Crippen LogP contribution < -0.4 is 5.32 Å². The summed E-state index contributed by atoms with van der Waals surface area (Å²) >= 11 is 0. The highest BCUT2D eigenvalue weighted by Gasteiger charge is 2.33. The lowest BCUT2D eigenvalue weighted by molar-refractivity contribution is -0.147. The van der Waals surface area contributed by atoms with Crippen LogP contribution in [0.2, 0.25) is 0 Å². The average molecular weight is 391 g/mol. The summed E-state index contributed by atoms with van der Waals surface area (Å²) in [4.78, 5) is 23.9. The van der Waals surface area contributed by atoms with Gasteiger partial charge in [-0.15, -0.1) is 0 Å². The number of esters is 1. The maximum atomic E-state index is 12.9. The molecule has 0 saturated heterocycles. The van der Waals surface area contributed by atoms with Crippen LogP contribution in [0.4, 0.5) is 13.2 Å². The molecular formula is C19H16F3N3O3. The second-order valence-electron chi connectivity index (χ2n) is 5.94. The zero-order valence-corrected chi connectivity index (χ0v) is 14.5. The third-order valence-corrected chi connectivity index (χ3v) is 4.01.